The van der Waals surface area contributed by atoms with Gasteiger partial charge in [-0.05, 0) is 97.1 Å². The van der Waals surface area contributed by atoms with Crippen LogP contribution in [-0.2, 0) is 24.7 Å². The lowest BCUT2D eigenvalue weighted by molar-refractivity contribution is -0.149. The number of nitrogens with one attached hydrogen (secondary N) is 2. The summed E-state index contributed by atoms with van der Waals surface area (Å²) in [6.07, 6.45) is 8.77. The quantitative estimate of drug-likeness (QED) is 0.201. The molecule has 0 radical (unpaired) electrons. The number of ether oxygens (including phenoxy) is 1. The molecule has 0 unspecified atom stereocenters. The number of fused-ring (bicyclic) bond motifs is 2. The van der Waals surface area contributed by atoms with Crippen molar-refractivity contribution in [2.45, 2.75) is 115 Å². The summed E-state index contributed by atoms with van der Waals surface area (Å²) in [5, 5.41) is 16.2. The van der Waals surface area contributed by atoms with Crippen molar-refractivity contribution in [1.29, 1.82) is 0 Å². The zero-order valence-electron chi connectivity index (χ0n) is 29.0. The number of aliphatic hydroxyl groups excluding tert-OH is 1. The first kappa shape index (κ1) is 35.5. The molecule has 1 spiro atoms. The normalized spacial score (nSPS) is 29.1. The summed E-state index contributed by atoms with van der Waals surface area (Å²) in [5.41, 5.74) is 2.60. The second-order valence-corrected chi connectivity index (χ2v) is 18.8. The van der Waals surface area contributed by atoms with E-state index in [1.807, 2.05) is 38.2 Å². The smallest absolute Gasteiger partial charge is 0.264 e. The van der Waals surface area contributed by atoms with Crippen molar-refractivity contribution in [2.75, 3.05) is 36.5 Å². The molecule has 4 N–H and O–H groups in total. The lowest BCUT2D eigenvalue weighted by Crippen LogP contribution is -2.46. The molecule has 0 aromatic heterocycles. The largest absolute Gasteiger partial charge is 0.432 e. The van der Waals surface area contributed by atoms with Crippen molar-refractivity contribution in [1.82, 2.24) is 10.2 Å². The molecule has 4 aliphatic rings. The van der Waals surface area contributed by atoms with Gasteiger partial charge in [0, 0.05) is 35.8 Å². The van der Waals surface area contributed by atoms with Gasteiger partial charge in [-0.15, -0.1) is 0 Å². The van der Waals surface area contributed by atoms with Crippen LogP contribution in [0.3, 0.4) is 0 Å². The predicted molar refractivity (Wildman–Crippen MR) is 186 cm³/mol. The van der Waals surface area contributed by atoms with Crippen LogP contribution in [0.5, 0.6) is 0 Å². The van der Waals surface area contributed by atoms with Crippen molar-refractivity contribution in [2.24, 2.45) is 5.92 Å². The van der Waals surface area contributed by atoms with Crippen LogP contribution in [0.1, 0.15) is 78.2 Å². The number of benzene rings is 1. The highest BCUT2D eigenvalue weighted by Crippen LogP contribution is 2.60. The molecule has 4 aliphatic heterocycles. The van der Waals surface area contributed by atoms with E-state index in [1.54, 1.807) is 9.80 Å². The van der Waals surface area contributed by atoms with E-state index in [0.29, 0.717) is 24.3 Å². The summed E-state index contributed by atoms with van der Waals surface area (Å²) in [6, 6.07) is 5.10. The van der Waals surface area contributed by atoms with E-state index in [4.69, 9.17) is 4.74 Å². The van der Waals surface area contributed by atoms with Crippen LogP contribution in [0.15, 0.2) is 41.5 Å². The van der Waals surface area contributed by atoms with Crippen LogP contribution in [0.2, 0.25) is 18.6 Å². The van der Waals surface area contributed by atoms with Crippen LogP contribution in [-0.4, -0.2) is 85.3 Å². The van der Waals surface area contributed by atoms with Crippen LogP contribution < -0.4 is 15.5 Å². The number of rotatable bonds is 11. The number of hydrogen-bond donors (Lipinski definition) is 4. The number of amides is 3. The van der Waals surface area contributed by atoms with E-state index in [-0.39, 0.29) is 42.8 Å². The Hall–Kier alpha value is -2.83. The van der Waals surface area contributed by atoms with Gasteiger partial charge in [0.1, 0.15) is 0 Å². The van der Waals surface area contributed by atoms with Crippen LogP contribution in [0, 0.1) is 5.92 Å². The maximum Gasteiger partial charge on any atom is 0.264 e. The number of hydrogen-bond acceptors (Lipinski definition) is 7. The molecule has 3 fully saturated rings. The Kier molecular flexibility index (Phi) is 10.8. The second kappa shape index (κ2) is 14.3. The maximum absolute atomic E-state index is 14.8. The van der Waals surface area contributed by atoms with Gasteiger partial charge in [-0.2, -0.15) is 0 Å². The molecule has 3 amide bonds. The number of anilines is 2. The molecule has 10 nitrogen and oxygen atoms in total. The molecule has 6 atom stereocenters. The number of nitrogens with zero attached hydrogens (tertiary/aromatic N) is 2. The van der Waals surface area contributed by atoms with Gasteiger partial charge in [-0.1, -0.05) is 30.2 Å². The van der Waals surface area contributed by atoms with E-state index < -0.39 is 31.5 Å². The Morgan fingerprint density at radius 2 is 1.94 bits per heavy atom. The molecule has 3 saturated heterocycles. The highest BCUT2D eigenvalue weighted by molar-refractivity contribution is 6.71. The van der Waals surface area contributed by atoms with E-state index in [9.17, 15) is 24.3 Å². The zero-order valence-corrected chi connectivity index (χ0v) is 30.0. The fourth-order valence-corrected chi connectivity index (χ4v) is 10.8. The van der Waals surface area contributed by atoms with E-state index >= 15 is 0 Å². The zero-order chi connectivity index (χ0) is 34.1. The van der Waals surface area contributed by atoms with Gasteiger partial charge in [0.15, 0.2) is 13.9 Å². The molecule has 11 heteroatoms. The van der Waals surface area contributed by atoms with Gasteiger partial charge < -0.3 is 35.1 Å². The molecular formula is C36H54N4O6Si. The van der Waals surface area contributed by atoms with Crippen LogP contribution in [0.25, 0.3) is 0 Å². The molecular weight excluding hydrogens is 613 g/mol. The topological polar surface area (TPSA) is 131 Å². The number of carbonyl (C=O) groups excluding carboxylic acids is 3. The number of allylic oxidation sites excluding steroid dienone is 3. The Bertz CT molecular complexity index is 1410. The maximum atomic E-state index is 14.8. The fraction of sp³-hybridized carbons (Fsp3) is 0.639. The van der Waals surface area contributed by atoms with E-state index in [0.717, 1.165) is 50.8 Å². The fourth-order valence-electron chi connectivity index (χ4n) is 8.26. The van der Waals surface area contributed by atoms with Crippen LogP contribution in [0.4, 0.5) is 11.4 Å². The average molecular weight is 667 g/mol. The molecule has 258 valence electrons. The monoisotopic (exact) mass is 666 g/mol. The summed E-state index contributed by atoms with van der Waals surface area (Å²) in [7, 11) is -2.98. The van der Waals surface area contributed by atoms with E-state index in [2.05, 4.69) is 43.6 Å². The standard InChI is InChI=1S/C36H54N4O6Si/c1-23(2)10-7-11-24(3)16-19-40-30-15-14-26(38-34(43)29-13-8-17-37-29)20-28(30)36(35(40)44)25(4)33(47(5,6)45)31(46-36)21-32(42)39-18-9-12-27(39)22-41/h10,14-16,20,25,27,29,31,33,37,41,45H,7-9,11-13,17-19,21-22H2,1-6H3,(H,38,43)/b24-16+/t25-,27-,29+,31+,33-,36+/m0/s1. The number of aliphatic hydroxyl groups is 1. The molecule has 47 heavy (non-hydrogen) atoms. The molecule has 4 heterocycles. The summed E-state index contributed by atoms with van der Waals surface area (Å²) >= 11 is 0. The first-order valence-corrected chi connectivity index (χ1v) is 20.4. The highest BCUT2D eigenvalue weighted by Gasteiger charge is 2.66. The summed E-state index contributed by atoms with van der Waals surface area (Å²) in [4.78, 5) is 56.7. The Balaban J connectivity index is 1.51. The van der Waals surface area contributed by atoms with Gasteiger partial charge >= 0.3 is 0 Å². The molecule has 5 rings (SSSR count). The van der Waals surface area contributed by atoms with Crippen molar-refractivity contribution in [3.8, 4) is 0 Å². The Morgan fingerprint density at radius 1 is 1.17 bits per heavy atom. The van der Waals surface area contributed by atoms with Gasteiger partial charge in [0.2, 0.25) is 11.8 Å². The lowest BCUT2D eigenvalue weighted by atomic mass is 9.82. The van der Waals surface area contributed by atoms with Gasteiger partial charge in [0.25, 0.3) is 5.91 Å². The van der Waals surface area contributed by atoms with Crippen LogP contribution >= 0.6 is 0 Å². The average Bonchev–Trinajstić information content (AvgIpc) is 3.79. The van der Waals surface area contributed by atoms with E-state index in [1.165, 1.54) is 11.1 Å². The minimum absolute atomic E-state index is 0.0278. The second-order valence-electron chi connectivity index (χ2n) is 14.8. The third kappa shape index (κ3) is 7.15. The molecule has 0 saturated carbocycles. The lowest BCUT2D eigenvalue weighted by Gasteiger charge is -2.32. The summed E-state index contributed by atoms with van der Waals surface area (Å²) in [5.74, 6) is -0.869. The van der Waals surface area contributed by atoms with Gasteiger partial charge in [-0.3, -0.25) is 14.4 Å². The third-order valence-corrected chi connectivity index (χ3v) is 13.1. The van der Waals surface area contributed by atoms with Crippen molar-refractivity contribution in [3.63, 3.8) is 0 Å². The number of likely N-dealkylation sites (tertiary alicyclic amines) is 1. The summed E-state index contributed by atoms with van der Waals surface area (Å²) < 4.78 is 6.91. The van der Waals surface area contributed by atoms with Crippen molar-refractivity contribution < 1.29 is 29.0 Å². The van der Waals surface area contributed by atoms with Gasteiger partial charge in [0.05, 0.1) is 36.9 Å². The molecule has 0 bridgehead atoms. The predicted octanol–water partition coefficient (Wildman–Crippen LogP) is 4.59. The highest BCUT2D eigenvalue weighted by atomic mass is 28.4. The number of carbonyl (C=O) groups is 3. The minimum Gasteiger partial charge on any atom is -0.432 e. The first-order valence-electron chi connectivity index (χ1n) is 17.4. The van der Waals surface area contributed by atoms with Gasteiger partial charge in [-0.25, -0.2) is 0 Å². The minimum atomic E-state index is -2.98. The SMILES string of the molecule is CC(C)=CCC/C(C)=C/CN1C(=O)[C@]2(O[C@H](CC(=O)N3CCC[C@H]3CO)[C@@H]([Si](C)(C)O)[C@@H]2C)c2cc(NC(=O)[C@H]3CCCN3)ccc21. The first-order chi connectivity index (χ1) is 22.3. The Morgan fingerprint density at radius 3 is 2.60 bits per heavy atom. The van der Waals surface area contributed by atoms with Crippen molar-refractivity contribution in [3.05, 3.63) is 47.1 Å². The molecule has 0 aliphatic carbocycles. The Labute approximate surface area is 280 Å². The molecule has 1 aromatic carbocycles. The van der Waals surface area contributed by atoms with Crippen molar-refractivity contribution >= 4 is 37.4 Å². The molecule has 1 aromatic rings. The third-order valence-electron chi connectivity index (χ3n) is 10.6. The summed E-state index contributed by atoms with van der Waals surface area (Å²) in [6.45, 7) is 13.6.